The van der Waals surface area contributed by atoms with Crippen molar-refractivity contribution in [3.63, 3.8) is 0 Å². The van der Waals surface area contributed by atoms with Crippen LogP contribution in [0.25, 0.3) is 0 Å². The summed E-state index contributed by atoms with van der Waals surface area (Å²) in [7, 11) is 0. The van der Waals surface area contributed by atoms with Crippen LogP contribution in [0.4, 0.5) is 74.6 Å². The minimum absolute atomic E-state index is 0. The Kier molecular flexibility index (Phi) is 12.2. The van der Waals surface area contributed by atoms with Gasteiger partial charge in [-0.3, -0.25) is 0 Å². The van der Waals surface area contributed by atoms with Gasteiger partial charge in [-0.1, -0.05) is 0 Å². The molecule has 239 valence electrons. The van der Waals surface area contributed by atoms with Gasteiger partial charge in [-0.2, -0.15) is 74.6 Å². The van der Waals surface area contributed by atoms with Gasteiger partial charge >= 0.3 is 53.6 Å². The van der Waals surface area contributed by atoms with Gasteiger partial charge in [0.15, 0.2) is 12.4 Å². The summed E-state index contributed by atoms with van der Waals surface area (Å²) in [6.45, 7) is -2.34. The maximum atomic E-state index is 13.7. The third kappa shape index (κ3) is 6.43. The fourth-order valence-corrected chi connectivity index (χ4v) is 2.80. The Morgan fingerprint density at radius 3 is 1.37 bits per heavy atom. The molecule has 1 aliphatic rings. The molecule has 4 N–H and O–H groups in total. The van der Waals surface area contributed by atoms with Gasteiger partial charge in [0.1, 0.15) is 18.3 Å². The Labute approximate surface area is 257 Å². The molecule has 5 atom stereocenters. The van der Waals surface area contributed by atoms with Crippen molar-refractivity contribution in [1.29, 1.82) is 0 Å². The zero-order valence-electron chi connectivity index (χ0n) is 19.2. The van der Waals surface area contributed by atoms with Crippen LogP contribution in [0.15, 0.2) is 0 Å². The van der Waals surface area contributed by atoms with Crippen molar-refractivity contribution in [2.45, 2.75) is 84.8 Å². The van der Waals surface area contributed by atoms with Gasteiger partial charge in [-0.05, 0) is 0 Å². The fraction of sp³-hybridized carbons (Fsp3) is 0.938. The van der Waals surface area contributed by atoms with Gasteiger partial charge in [0, 0.05) is 51.4 Å². The molecule has 1 aliphatic heterocycles. The van der Waals surface area contributed by atoms with Crippen LogP contribution in [0.5, 0.6) is 0 Å². The first-order valence-corrected chi connectivity index (χ1v) is 9.64. The van der Waals surface area contributed by atoms with Crippen LogP contribution in [0.2, 0.25) is 0 Å². The van der Waals surface area contributed by atoms with Crippen molar-refractivity contribution in [1.82, 2.24) is 0 Å². The molecule has 41 heavy (non-hydrogen) atoms. The van der Waals surface area contributed by atoms with Crippen molar-refractivity contribution in [3.8, 4) is 0 Å². The van der Waals surface area contributed by atoms with Crippen LogP contribution in [0, 0.1) is 0 Å². The SMILES string of the molecule is O=C(OCCC(F)(F)C(F)(F)C(F)(F)C(F)(F)C(F)(F)C(F)(F)C(F)(F)C(F)(F)F)[C@@H](O)[C@H]1O[C@@H](O)[C@H](O)[C@H]1O.[K]. The van der Waals surface area contributed by atoms with Crippen LogP contribution in [0.1, 0.15) is 6.42 Å². The molecule has 1 fully saturated rings. The van der Waals surface area contributed by atoms with E-state index >= 15 is 0 Å². The van der Waals surface area contributed by atoms with Crippen molar-refractivity contribution in [2.24, 2.45) is 0 Å². The second kappa shape index (κ2) is 12.2. The molecule has 25 heteroatoms. The van der Waals surface area contributed by atoms with E-state index in [2.05, 4.69) is 9.47 Å². The molecule has 0 bridgehead atoms. The van der Waals surface area contributed by atoms with Gasteiger partial charge < -0.3 is 29.9 Å². The summed E-state index contributed by atoms with van der Waals surface area (Å²) in [5, 5.41) is 37.1. The van der Waals surface area contributed by atoms with Crippen LogP contribution < -0.4 is 0 Å². The first-order chi connectivity index (χ1) is 17.4. The topological polar surface area (TPSA) is 116 Å². The summed E-state index contributed by atoms with van der Waals surface area (Å²) in [5.74, 6) is -60.0. The van der Waals surface area contributed by atoms with E-state index in [-0.39, 0.29) is 51.4 Å². The number of carbonyl (C=O) groups is 1. The molecular formula is C16H13F17KO7. The van der Waals surface area contributed by atoms with Crippen LogP contribution in [-0.4, -0.2) is 163 Å². The molecule has 7 nitrogen and oxygen atoms in total. The Balaban J connectivity index is 0.0000160. The first kappa shape index (κ1) is 40.7. The van der Waals surface area contributed by atoms with Gasteiger partial charge in [0.05, 0.1) is 13.0 Å². The van der Waals surface area contributed by atoms with E-state index in [1.165, 1.54) is 0 Å². The summed E-state index contributed by atoms with van der Waals surface area (Å²) >= 11 is 0. The van der Waals surface area contributed by atoms with Gasteiger partial charge in [0.2, 0.25) is 0 Å². The number of hydrogen-bond acceptors (Lipinski definition) is 7. The summed E-state index contributed by atoms with van der Waals surface area (Å²) < 4.78 is 232. The summed E-state index contributed by atoms with van der Waals surface area (Å²) in [4.78, 5) is 11.5. The third-order valence-corrected chi connectivity index (χ3v) is 5.28. The third-order valence-electron chi connectivity index (χ3n) is 5.28. The summed E-state index contributed by atoms with van der Waals surface area (Å²) in [5.41, 5.74) is 0. The van der Waals surface area contributed by atoms with E-state index < -0.39 is 97.3 Å². The molecule has 0 aromatic heterocycles. The Hall–Kier alpha value is -0.284. The van der Waals surface area contributed by atoms with E-state index in [4.69, 9.17) is 5.11 Å². The number of aliphatic hydroxyl groups excluding tert-OH is 4. The first-order valence-electron chi connectivity index (χ1n) is 9.64. The largest absolute Gasteiger partial charge is 0.463 e. The Bertz CT molecular complexity index is 929. The molecule has 0 aromatic carbocycles. The molecule has 1 heterocycles. The average molecular weight is 679 g/mol. The van der Waals surface area contributed by atoms with Crippen molar-refractivity contribution >= 4 is 57.4 Å². The van der Waals surface area contributed by atoms with Gasteiger partial charge in [-0.15, -0.1) is 0 Å². The van der Waals surface area contributed by atoms with E-state index in [9.17, 15) is 94.8 Å². The average Bonchev–Trinajstić information content (AvgIpc) is 3.03. The van der Waals surface area contributed by atoms with Crippen LogP contribution in [-0.2, 0) is 14.3 Å². The summed E-state index contributed by atoms with van der Waals surface area (Å²) in [6.07, 6.45) is -22.9. The number of esters is 1. The predicted molar refractivity (Wildman–Crippen MR) is 90.9 cm³/mol. The number of aliphatic hydroxyl groups is 4. The fourth-order valence-electron chi connectivity index (χ4n) is 2.80. The van der Waals surface area contributed by atoms with Gasteiger partial charge in [-0.25, -0.2) is 4.79 Å². The molecule has 1 saturated heterocycles. The molecule has 0 saturated carbocycles. The molecule has 0 unspecified atom stereocenters. The Morgan fingerprint density at radius 1 is 0.659 bits per heavy atom. The number of alkyl halides is 17. The zero-order valence-corrected chi connectivity index (χ0v) is 22.4. The maximum Gasteiger partial charge on any atom is 0.460 e. The molecular weight excluding hydrogens is 666 g/mol. The quantitative estimate of drug-likeness (QED) is 0.151. The second-order valence-corrected chi connectivity index (χ2v) is 7.98. The minimum atomic E-state index is -8.78. The molecule has 0 amide bonds. The monoisotopic (exact) mass is 679 g/mol. The molecule has 1 radical (unpaired) electrons. The number of halogens is 17. The molecule has 1 rings (SSSR count). The van der Waals surface area contributed by atoms with E-state index in [0.29, 0.717) is 0 Å². The normalized spacial score (nSPS) is 24.6. The van der Waals surface area contributed by atoms with Crippen molar-refractivity contribution < 1.29 is 109 Å². The van der Waals surface area contributed by atoms with E-state index in [1.54, 1.807) is 0 Å². The molecule has 0 aliphatic carbocycles. The maximum absolute atomic E-state index is 13.7. The van der Waals surface area contributed by atoms with Crippen LogP contribution in [0.3, 0.4) is 0 Å². The second-order valence-electron chi connectivity index (χ2n) is 7.98. The predicted octanol–water partition coefficient (Wildman–Crippen LogP) is 2.35. The summed E-state index contributed by atoms with van der Waals surface area (Å²) in [6, 6.07) is 0. The Morgan fingerprint density at radius 2 is 1.02 bits per heavy atom. The van der Waals surface area contributed by atoms with E-state index in [0.717, 1.165) is 0 Å². The zero-order chi connectivity index (χ0) is 32.3. The van der Waals surface area contributed by atoms with Crippen molar-refractivity contribution in [3.05, 3.63) is 0 Å². The number of hydrogen-bond donors (Lipinski definition) is 4. The standard InChI is InChI=1S/C16H13F17O7.K/c17-9(18,1-2-39-7(37)5(36)6-3(34)4(35)8(38)40-6)10(19,20)11(21,22)12(23,24)13(25,26)14(27,28)15(29,30)16(31,32)33;/h3-6,8,34-36,38H,1-2H2;/t3-,4-,5+,6+,8-;/m1./s1. The molecule has 0 spiro atoms. The van der Waals surface area contributed by atoms with Gasteiger partial charge in [0.25, 0.3) is 0 Å². The number of rotatable bonds is 11. The number of ether oxygens (including phenoxy) is 2. The molecule has 0 aromatic rings. The number of carbonyl (C=O) groups excluding carboxylic acids is 1. The minimum Gasteiger partial charge on any atom is -0.463 e. The van der Waals surface area contributed by atoms with Crippen molar-refractivity contribution in [2.75, 3.05) is 6.61 Å². The van der Waals surface area contributed by atoms with Crippen LogP contribution >= 0.6 is 0 Å². The van der Waals surface area contributed by atoms with E-state index in [1.807, 2.05) is 0 Å². The smallest absolute Gasteiger partial charge is 0.460 e.